The normalized spacial score (nSPS) is 13.7. The Morgan fingerprint density at radius 3 is 2.85 bits per heavy atom. The molecule has 1 aliphatic rings. The van der Waals surface area contributed by atoms with Crippen LogP contribution in [-0.2, 0) is 22.4 Å². The number of amides is 2. The smallest absolute Gasteiger partial charge is 0.229 e. The zero-order chi connectivity index (χ0) is 17.9. The van der Waals surface area contributed by atoms with E-state index in [1.807, 2.05) is 23.6 Å². The zero-order valence-corrected chi connectivity index (χ0v) is 15.7. The highest BCUT2D eigenvalue weighted by Gasteiger charge is 2.30. The van der Waals surface area contributed by atoms with Crippen molar-refractivity contribution in [1.82, 2.24) is 15.3 Å². The van der Waals surface area contributed by atoms with Crippen LogP contribution >= 0.6 is 22.7 Å². The number of hydrogen-bond acceptors (Lipinski definition) is 6. The third kappa shape index (κ3) is 4.25. The summed E-state index contributed by atoms with van der Waals surface area (Å²) < 4.78 is 1.16. The minimum atomic E-state index is -0.0727. The molecule has 2 heterocycles. The number of hydrogen-bond donors (Lipinski definition) is 2. The highest BCUT2D eigenvalue weighted by Crippen LogP contribution is 2.30. The molecule has 26 heavy (non-hydrogen) atoms. The quantitative estimate of drug-likeness (QED) is 0.654. The Morgan fingerprint density at radius 1 is 1.19 bits per heavy atom. The molecule has 2 amide bonds. The minimum Gasteiger partial charge on any atom is -0.355 e. The number of rotatable bonds is 7. The molecule has 4 rings (SSSR count). The van der Waals surface area contributed by atoms with Gasteiger partial charge in [0.2, 0.25) is 11.8 Å². The molecule has 2 N–H and O–H groups in total. The maximum absolute atomic E-state index is 12.1. The highest BCUT2D eigenvalue weighted by molar-refractivity contribution is 7.18. The summed E-state index contributed by atoms with van der Waals surface area (Å²) in [5, 5.41) is 9.11. The molecule has 1 fully saturated rings. The molecule has 0 bridgehead atoms. The highest BCUT2D eigenvalue weighted by atomic mass is 32.1. The summed E-state index contributed by atoms with van der Waals surface area (Å²) in [4.78, 5) is 32.7. The molecule has 0 unspecified atom stereocenters. The predicted molar refractivity (Wildman–Crippen MR) is 104 cm³/mol. The number of benzene rings is 1. The SMILES string of the molecule is O=C(Cc1csc(NC(=O)C2CC2)n1)NCCc1nc2ccccc2s1. The molecule has 8 heteroatoms. The number of para-hydroxylation sites is 1. The van der Waals surface area contributed by atoms with Crippen LogP contribution in [0.1, 0.15) is 23.5 Å². The Morgan fingerprint density at radius 2 is 2.04 bits per heavy atom. The first-order chi connectivity index (χ1) is 12.7. The van der Waals surface area contributed by atoms with Gasteiger partial charge in [-0.15, -0.1) is 22.7 Å². The Bertz CT molecular complexity index is 912. The van der Waals surface area contributed by atoms with Crippen LogP contribution in [0.3, 0.4) is 0 Å². The molecule has 6 nitrogen and oxygen atoms in total. The third-order valence-corrected chi connectivity index (χ3v) is 5.97. The number of nitrogens with one attached hydrogen (secondary N) is 2. The average Bonchev–Trinajstić information content (AvgIpc) is 3.26. The average molecular weight is 387 g/mol. The Kier molecular flexibility index (Phi) is 4.94. The molecule has 134 valence electrons. The van der Waals surface area contributed by atoms with E-state index in [1.54, 1.807) is 11.3 Å². The first-order valence-corrected chi connectivity index (χ1v) is 10.2. The molecule has 0 atom stereocenters. The summed E-state index contributed by atoms with van der Waals surface area (Å²) in [6.45, 7) is 0.550. The Hall–Kier alpha value is -2.32. The Balaban J connectivity index is 1.23. The van der Waals surface area contributed by atoms with Gasteiger partial charge in [0.15, 0.2) is 5.13 Å². The van der Waals surface area contributed by atoms with Crippen molar-refractivity contribution in [3.05, 3.63) is 40.3 Å². The Labute approximate surface area is 158 Å². The van der Waals surface area contributed by atoms with Gasteiger partial charge in [-0.1, -0.05) is 12.1 Å². The zero-order valence-electron chi connectivity index (χ0n) is 14.0. The number of nitrogens with zero attached hydrogens (tertiary/aromatic N) is 2. The van der Waals surface area contributed by atoms with Gasteiger partial charge in [-0.25, -0.2) is 9.97 Å². The summed E-state index contributed by atoms with van der Waals surface area (Å²) in [6.07, 6.45) is 2.85. The van der Waals surface area contributed by atoms with E-state index >= 15 is 0 Å². The van der Waals surface area contributed by atoms with Crippen molar-refractivity contribution in [3.8, 4) is 0 Å². The van der Waals surface area contributed by atoms with Gasteiger partial charge in [0, 0.05) is 24.3 Å². The number of carbonyl (C=O) groups excluding carboxylic acids is 2. The van der Waals surface area contributed by atoms with Crippen LogP contribution in [0, 0.1) is 5.92 Å². The molecule has 1 saturated carbocycles. The summed E-state index contributed by atoms with van der Waals surface area (Å²) >= 11 is 3.01. The van der Waals surface area contributed by atoms with Crippen LogP contribution in [0.4, 0.5) is 5.13 Å². The molecule has 0 spiro atoms. The van der Waals surface area contributed by atoms with Crippen molar-refractivity contribution in [2.45, 2.75) is 25.7 Å². The minimum absolute atomic E-state index is 0.0335. The number of fused-ring (bicyclic) bond motifs is 1. The summed E-state index contributed by atoms with van der Waals surface area (Å²) in [6, 6.07) is 8.02. The lowest BCUT2D eigenvalue weighted by Crippen LogP contribution is -2.27. The molecule has 1 aromatic carbocycles. The maximum Gasteiger partial charge on any atom is 0.229 e. The fraction of sp³-hybridized carbons (Fsp3) is 0.333. The lowest BCUT2D eigenvalue weighted by Gasteiger charge is -2.02. The summed E-state index contributed by atoms with van der Waals surface area (Å²) in [5.41, 5.74) is 1.68. The second-order valence-corrected chi connectivity index (χ2v) is 8.23. The topological polar surface area (TPSA) is 84.0 Å². The van der Waals surface area contributed by atoms with E-state index < -0.39 is 0 Å². The van der Waals surface area contributed by atoms with E-state index in [-0.39, 0.29) is 24.2 Å². The van der Waals surface area contributed by atoms with Crippen LogP contribution in [0.2, 0.25) is 0 Å². The van der Waals surface area contributed by atoms with E-state index in [2.05, 4.69) is 26.7 Å². The maximum atomic E-state index is 12.1. The molecular weight excluding hydrogens is 368 g/mol. The van der Waals surface area contributed by atoms with E-state index in [1.165, 1.54) is 11.3 Å². The van der Waals surface area contributed by atoms with E-state index in [4.69, 9.17) is 0 Å². The van der Waals surface area contributed by atoms with Gasteiger partial charge in [-0.2, -0.15) is 0 Å². The van der Waals surface area contributed by atoms with Gasteiger partial charge in [0.05, 0.1) is 27.3 Å². The van der Waals surface area contributed by atoms with Crippen LogP contribution in [0.15, 0.2) is 29.6 Å². The first kappa shape index (κ1) is 17.1. The molecular formula is C18H18N4O2S2. The predicted octanol–water partition coefficient (Wildman–Crippen LogP) is 3.00. The van der Waals surface area contributed by atoms with Gasteiger partial charge in [-0.3, -0.25) is 9.59 Å². The van der Waals surface area contributed by atoms with Crippen LogP contribution in [0.5, 0.6) is 0 Å². The van der Waals surface area contributed by atoms with E-state index in [0.29, 0.717) is 23.8 Å². The first-order valence-electron chi connectivity index (χ1n) is 8.54. The second-order valence-electron chi connectivity index (χ2n) is 6.26. The molecule has 0 saturated heterocycles. The van der Waals surface area contributed by atoms with Gasteiger partial charge >= 0.3 is 0 Å². The fourth-order valence-corrected chi connectivity index (χ4v) is 4.24. The van der Waals surface area contributed by atoms with Gasteiger partial charge in [0.25, 0.3) is 0 Å². The summed E-state index contributed by atoms with van der Waals surface area (Å²) in [5.74, 6) is 0.107. The standard InChI is InChI=1S/C18H18N4O2S2/c23-15(9-12-10-25-18(20-12)22-17(24)11-5-6-11)19-8-7-16-21-13-3-1-2-4-14(13)26-16/h1-4,10-11H,5-9H2,(H,19,23)(H,20,22,24). The number of carbonyl (C=O) groups is 2. The molecule has 3 aromatic rings. The number of aromatic nitrogens is 2. The van der Waals surface area contributed by atoms with Crippen molar-refractivity contribution < 1.29 is 9.59 Å². The van der Waals surface area contributed by atoms with Crippen molar-refractivity contribution in [1.29, 1.82) is 0 Å². The van der Waals surface area contributed by atoms with E-state index in [9.17, 15) is 9.59 Å². The van der Waals surface area contributed by atoms with E-state index in [0.717, 1.165) is 28.1 Å². The van der Waals surface area contributed by atoms with Crippen LogP contribution < -0.4 is 10.6 Å². The number of anilines is 1. The number of thiazole rings is 2. The van der Waals surface area contributed by atoms with Crippen molar-refractivity contribution >= 4 is 49.8 Å². The fourth-order valence-electron chi connectivity index (χ4n) is 2.56. The van der Waals surface area contributed by atoms with Crippen LogP contribution in [-0.4, -0.2) is 28.3 Å². The van der Waals surface area contributed by atoms with Crippen molar-refractivity contribution in [2.24, 2.45) is 5.92 Å². The largest absolute Gasteiger partial charge is 0.355 e. The second kappa shape index (κ2) is 7.51. The molecule has 2 aromatic heterocycles. The van der Waals surface area contributed by atoms with Crippen molar-refractivity contribution in [3.63, 3.8) is 0 Å². The monoisotopic (exact) mass is 386 g/mol. The van der Waals surface area contributed by atoms with Gasteiger partial charge < -0.3 is 10.6 Å². The third-order valence-electron chi connectivity index (χ3n) is 4.07. The molecule has 0 radical (unpaired) electrons. The molecule has 0 aliphatic heterocycles. The van der Waals surface area contributed by atoms with Crippen molar-refractivity contribution in [2.75, 3.05) is 11.9 Å². The molecule has 1 aliphatic carbocycles. The van der Waals surface area contributed by atoms with Crippen LogP contribution in [0.25, 0.3) is 10.2 Å². The van der Waals surface area contributed by atoms with Gasteiger partial charge in [-0.05, 0) is 25.0 Å². The van der Waals surface area contributed by atoms with Gasteiger partial charge in [0.1, 0.15) is 0 Å². The lowest BCUT2D eigenvalue weighted by molar-refractivity contribution is -0.120. The summed E-state index contributed by atoms with van der Waals surface area (Å²) in [7, 11) is 0. The lowest BCUT2D eigenvalue weighted by atomic mass is 10.3.